The Balaban J connectivity index is 0.00000153. The summed E-state index contributed by atoms with van der Waals surface area (Å²) in [6, 6.07) is 17.6. The molecule has 1 saturated heterocycles. The molecule has 0 aliphatic carbocycles. The zero-order chi connectivity index (χ0) is 21.2. The Morgan fingerprint density at radius 2 is 1.61 bits per heavy atom. The predicted molar refractivity (Wildman–Crippen MR) is 128 cm³/mol. The van der Waals surface area contributed by atoms with Crippen molar-refractivity contribution in [1.29, 1.82) is 0 Å². The molecule has 8 N–H and O–H groups in total. The Labute approximate surface area is 192 Å². The first kappa shape index (κ1) is 24.2. The number of para-hydroxylation sites is 1. The fraction of sp³-hybridized carbons (Fsp3) is 0.333. The number of hydrogen-bond acceptors (Lipinski definition) is 5. The topological polar surface area (TPSA) is 157 Å². The molecule has 33 heavy (non-hydrogen) atoms. The third-order valence-electron chi connectivity index (χ3n) is 6.24. The molecule has 0 bridgehead atoms. The van der Waals surface area contributed by atoms with Crippen LogP contribution in [0.5, 0.6) is 11.5 Å². The normalized spacial score (nSPS) is 17.6. The summed E-state index contributed by atoms with van der Waals surface area (Å²) < 4.78 is 7.91. The van der Waals surface area contributed by atoms with Crippen LogP contribution in [-0.4, -0.2) is 46.3 Å². The number of carbonyl (C=O) groups is 1. The summed E-state index contributed by atoms with van der Waals surface area (Å²) in [6.45, 7) is 2.89. The van der Waals surface area contributed by atoms with Crippen molar-refractivity contribution in [3.63, 3.8) is 0 Å². The Morgan fingerprint density at radius 1 is 0.939 bits per heavy atom. The minimum atomic E-state index is -0.459. The van der Waals surface area contributed by atoms with E-state index in [1.165, 1.54) is 0 Å². The Morgan fingerprint density at radius 3 is 2.27 bits per heavy atom. The van der Waals surface area contributed by atoms with Gasteiger partial charge in [-0.05, 0) is 74.7 Å². The van der Waals surface area contributed by atoms with Crippen LogP contribution >= 0.6 is 0 Å². The van der Waals surface area contributed by atoms with E-state index in [0.29, 0.717) is 17.2 Å². The van der Waals surface area contributed by atoms with Gasteiger partial charge in [-0.3, -0.25) is 4.79 Å². The highest BCUT2D eigenvalue weighted by Crippen LogP contribution is 2.39. The van der Waals surface area contributed by atoms with Crippen LogP contribution in [0.25, 0.3) is 11.3 Å². The van der Waals surface area contributed by atoms with Crippen molar-refractivity contribution in [1.82, 2.24) is 15.1 Å². The van der Waals surface area contributed by atoms with Crippen molar-refractivity contribution in [3.8, 4) is 22.8 Å². The number of hydrogen-bond donors (Lipinski definition) is 3. The van der Waals surface area contributed by atoms with E-state index in [9.17, 15) is 4.79 Å². The molecule has 1 amide bonds. The quantitative estimate of drug-likeness (QED) is 0.539. The first-order chi connectivity index (χ1) is 15.2. The molecule has 0 saturated carbocycles. The standard InChI is InChI=1S/C24H27N5O2.2H2O/c25-23(30)21-22(17-6-8-19(9-7-17)31-18-4-2-1-3-5-18)28-29-20(12-15-27-24(21)29)16-10-13-26-14-11-16;;/h1-9,16,20,26-27H,10-15H2,(H2,25,30);2*1H2. The average molecular weight is 454 g/mol. The van der Waals surface area contributed by atoms with Crippen LogP contribution in [0.2, 0.25) is 0 Å². The number of aromatic nitrogens is 2. The van der Waals surface area contributed by atoms with Gasteiger partial charge in [0.15, 0.2) is 0 Å². The molecular weight excluding hydrogens is 422 g/mol. The van der Waals surface area contributed by atoms with Gasteiger partial charge in [0.25, 0.3) is 5.91 Å². The molecule has 2 aromatic carbocycles. The van der Waals surface area contributed by atoms with Gasteiger partial charge in [-0.1, -0.05) is 18.2 Å². The van der Waals surface area contributed by atoms with Crippen molar-refractivity contribution < 1.29 is 20.5 Å². The van der Waals surface area contributed by atoms with Crippen molar-refractivity contribution >= 4 is 11.7 Å². The summed E-state index contributed by atoms with van der Waals surface area (Å²) in [5.41, 5.74) is 7.75. The van der Waals surface area contributed by atoms with E-state index in [1.54, 1.807) is 0 Å². The fourth-order valence-corrected chi connectivity index (χ4v) is 4.71. The van der Waals surface area contributed by atoms with Gasteiger partial charge >= 0.3 is 0 Å². The van der Waals surface area contributed by atoms with E-state index < -0.39 is 5.91 Å². The second-order valence-electron chi connectivity index (χ2n) is 8.19. The monoisotopic (exact) mass is 453 g/mol. The summed E-state index contributed by atoms with van der Waals surface area (Å²) in [7, 11) is 0. The van der Waals surface area contributed by atoms with Gasteiger partial charge in [0.1, 0.15) is 28.6 Å². The predicted octanol–water partition coefficient (Wildman–Crippen LogP) is 2.15. The van der Waals surface area contributed by atoms with Gasteiger partial charge in [0, 0.05) is 12.1 Å². The third kappa shape index (κ3) is 4.85. The molecule has 176 valence electrons. The molecule has 9 nitrogen and oxygen atoms in total. The minimum Gasteiger partial charge on any atom is -0.457 e. The molecule has 5 rings (SSSR count). The van der Waals surface area contributed by atoms with E-state index >= 15 is 0 Å². The molecule has 3 heterocycles. The second-order valence-corrected chi connectivity index (χ2v) is 8.19. The highest BCUT2D eigenvalue weighted by atomic mass is 16.5. The van der Waals surface area contributed by atoms with Crippen molar-refractivity contribution in [2.45, 2.75) is 25.3 Å². The number of primary amides is 1. The van der Waals surface area contributed by atoms with Crippen LogP contribution in [-0.2, 0) is 0 Å². The van der Waals surface area contributed by atoms with E-state index in [4.69, 9.17) is 15.6 Å². The van der Waals surface area contributed by atoms with E-state index in [-0.39, 0.29) is 17.0 Å². The second kappa shape index (κ2) is 10.5. The number of fused-ring (bicyclic) bond motifs is 1. The number of piperidine rings is 1. The first-order valence-electron chi connectivity index (χ1n) is 10.9. The highest BCUT2D eigenvalue weighted by molar-refractivity contribution is 6.03. The van der Waals surface area contributed by atoms with Gasteiger partial charge in [-0.2, -0.15) is 5.10 Å². The summed E-state index contributed by atoms with van der Waals surface area (Å²) >= 11 is 0. The number of nitrogens with two attached hydrogens (primary N) is 1. The van der Waals surface area contributed by atoms with Gasteiger partial charge in [0.05, 0.1) is 6.04 Å². The number of nitrogens with zero attached hydrogens (tertiary/aromatic N) is 2. The van der Waals surface area contributed by atoms with Crippen LogP contribution in [0.3, 0.4) is 0 Å². The van der Waals surface area contributed by atoms with E-state index in [1.807, 2.05) is 59.3 Å². The molecule has 2 aliphatic heterocycles. The first-order valence-corrected chi connectivity index (χ1v) is 10.9. The van der Waals surface area contributed by atoms with E-state index in [0.717, 1.165) is 61.8 Å². The maximum Gasteiger partial charge on any atom is 0.254 e. The van der Waals surface area contributed by atoms with Crippen LogP contribution < -0.4 is 21.1 Å². The van der Waals surface area contributed by atoms with Crippen LogP contribution in [0, 0.1) is 5.92 Å². The maximum absolute atomic E-state index is 12.4. The lowest BCUT2D eigenvalue weighted by molar-refractivity contribution is 0.100. The molecule has 3 aromatic rings. The molecule has 2 aliphatic rings. The van der Waals surface area contributed by atoms with E-state index in [2.05, 4.69) is 10.6 Å². The molecule has 0 radical (unpaired) electrons. The Kier molecular flexibility index (Phi) is 7.70. The van der Waals surface area contributed by atoms with Crippen LogP contribution in [0.1, 0.15) is 35.7 Å². The molecule has 9 heteroatoms. The minimum absolute atomic E-state index is 0. The lowest BCUT2D eigenvalue weighted by atomic mass is 9.87. The maximum atomic E-state index is 12.4. The average Bonchev–Trinajstić information content (AvgIpc) is 3.21. The lowest BCUT2D eigenvalue weighted by Crippen LogP contribution is -2.36. The summed E-state index contributed by atoms with van der Waals surface area (Å²) in [6.07, 6.45) is 3.24. The fourth-order valence-electron chi connectivity index (χ4n) is 4.71. The highest BCUT2D eigenvalue weighted by Gasteiger charge is 2.34. The number of anilines is 1. The zero-order valence-electron chi connectivity index (χ0n) is 18.4. The Bertz CT molecular complexity index is 1060. The van der Waals surface area contributed by atoms with Gasteiger partial charge in [-0.15, -0.1) is 0 Å². The zero-order valence-corrected chi connectivity index (χ0v) is 18.4. The lowest BCUT2D eigenvalue weighted by Gasteiger charge is -2.34. The molecule has 1 unspecified atom stereocenters. The molecule has 1 aromatic heterocycles. The van der Waals surface area contributed by atoms with Gasteiger partial charge in [-0.25, -0.2) is 4.68 Å². The van der Waals surface area contributed by atoms with Crippen molar-refractivity contribution in [3.05, 3.63) is 60.2 Å². The summed E-state index contributed by atoms with van der Waals surface area (Å²) in [5.74, 6) is 2.35. The van der Waals surface area contributed by atoms with Crippen molar-refractivity contribution in [2.24, 2.45) is 11.7 Å². The number of nitrogens with one attached hydrogen (secondary N) is 2. The van der Waals surface area contributed by atoms with Crippen LogP contribution in [0.4, 0.5) is 5.82 Å². The number of amides is 1. The largest absolute Gasteiger partial charge is 0.457 e. The number of carbonyl (C=O) groups excluding carboxylic acids is 1. The van der Waals surface area contributed by atoms with Crippen LogP contribution in [0.15, 0.2) is 54.6 Å². The molecule has 1 atom stereocenters. The molecule has 0 spiro atoms. The van der Waals surface area contributed by atoms with Crippen molar-refractivity contribution in [2.75, 3.05) is 25.0 Å². The number of benzene rings is 2. The molecular formula is C24H31N5O4. The van der Waals surface area contributed by atoms with Gasteiger partial charge < -0.3 is 32.1 Å². The smallest absolute Gasteiger partial charge is 0.254 e. The number of ether oxygens (including phenoxy) is 1. The molecule has 1 fully saturated rings. The summed E-state index contributed by atoms with van der Waals surface area (Å²) in [5, 5.41) is 11.7. The Hall–Kier alpha value is -3.40. The third-order valence-corrected chi connectivity index (χ3v) is 6.24. The summed E-state index contributed by atoms with van der Waals surface area (Å²) in [4.78, 5) is 12.4. The SMILES string of the molecule is NC(=O)c1c(-c2ccc(Oc3ccccc3)cc2)nn2c1NCCC2C1CCNCC1.O.O. The number of rotatable bonds is 5. The van der Waals surface area contributed by atoms with Gasteiger partial charge in [0.2, 0.25) is 0 Å².